The highest BCUT2D eigenvalue weighted by Gasteiger charge is 2.30. The van der Waals surface area contributed by atoms with E-state index in [1.54, 1.807) is 13.0 Å². The Hall–Kier alpha value is -2.08. The van der Waals surface area contributed by atoms with Gasteiger partial charge >= 0.3 is 6.18 Å². The summed E-state index contributed by atoms with van der Waals surface area (Å²) < 4.78 is 38.3. The molecule has 116 valence electrons. The number of aryl methyl sites for hydroxylation is 1. The normalized spacial score (nSPS) is 11.1. The van der Waals surface area contributed by atoms with Gasteiger partial charge in [-0.15, -0.1) is 0 Å². The molecule has 2 aromatic carbocycles. The predicted molar refractivity (Wildman–Crippen MR) is 85.7 cm³/mol. The molecule has 2 nitrogen and oxygen atoms in total. The quantitative estimate of drug-likeness (QED) is 0.813. The third-order valence-corrected chi connectivity index (χ3v) is 3.20. The molecule has 0 bridgehead atoms. The lowest BCUT2D eigenvalue weighted by Gasteiger charge is -2.14. The Morgan fingerprint density at radius 3 is 2.41 bits per heavy atom. The molecule has 2 rings (SSSR count). The van der Waals surface area contributed by atoms with Gasteiger partial charge in [-0.3, -0.25) is 0 Å². The first-order chi connectivity index (χ1) is 10.3. The van der Waals surface area contributed by atoms with Crippen molar-refractivity contribution >= 4 is 23.0 Å². The van der Waals surface area contributed by atoms with Crippen molar-refractivity contribution in [2.75, 3.05) is 5.32 Å². The van der Waals surface area contributed by atoms with Gasteiger partial charge in [-0.2, -0.15) is 13.2 Å². The third-order valence-electron chi connectivity index (χ3n) is 2.96. The largest absolute Gasteiger partial charge is 0.416 e. The van der Waals surface area contributed by atoms with E-state index in [1.165, 1.54) is 0 Å². The van der Waals surface area contributed by atoms with Gasteiger partial charge in [-0.05, 0) is 48.5 Å². The lowest BCUT2D eigenvalue weighted by Crippen LogP contribution is -2.28. The van der Waals surface area contributed by atoms with Gasteiger partial charge in [0.25, 0.3) is 0 Å². The van der Waals surface area contributed by atoms with Crippen molar-refractivity contribution in [2.24, 2.45) is 0 Å². The first-order valence-electron chi connectivity index (χ1n) is 6.62. The van der Waals surface area contributed by atoms with Crippen molar-refractivity contribution in [2.45, 2.75) is 19.6 Å². The minimum atomic E-state index is -4.37. The van der Waals surface area contributed by atoms with Gasteiger partial charge in [0.15, 0.2) is 5.11 Å². The highest BCUT2D eigenvalue weighted by molar-refractivity contribution is 7.80. The Morgan fingerprint density at radius 2 is 1.77 bits per heavy atom. The summed E-state index contributed by atoms with van der Waals surface area (Å²) in [5.74, 6) is 0. The number of hydrogen-bond donors (Lipinski definition) is 2. The van der Waals surface area contributed by atoms with Gasteiger partial charge in [0.2, 0.25) is 0 Å². The summed E-state index contributed by atoms with van der Waals surface area (Å²) in [4.78, 5) is 0. The molecule has 2 N–H and O–H groups in total. The van der Waals surface area contributed by atoms with Crippen LogP contribution in [-0.2, 0) is 12.7 Å². The van der Waals surface area contributed by atoms with Gasteiger partial charge in [0, 0.05) is 12.2 Å². The van der Waals surface area contributed by atoms with E-state index in [2.05, 4.69) is 10.6 Å². The summed E-state index contributed by atoms with van der Waals surface area (Å²) in [6.07, 6.45) is -4.37. The fourth-order valence-corrected chi connectivity index (χ4v) is 2.16. The second-order valence-electron chi connectivity index (χ2n) is 4.88. The molecule has 0 unspecified atom stereocenters. The number of halogens is 3. The topological polar surface area (TPSA) is 24.1 Å². The molecule has 0 aromatic heterocycles. The van der Waals surface area contributed by atoms with Crippen LogP contribution in [0.2, 0.25) is 0 Å². The maximum Gasteiger partial charge on any atom is 0.416 e. The number of alkyl halides is 3. The lowest BCUT2D eigenvalue weighted by atomic mass is 10.1. The molecule has 0 amide bonds. The minimum Gasteiger partial charge on any atom is -0.358 e. The molecule has 0 fully saturated rings. The summed E-state index contributed by atoms with van der Waals surface area (Å²) in [5.41, 5.74) is 1.17. The van der Waals surface area contributed by atoms with Crippen LogP contribution in [-0.4, -0.2) is 5.11 Å². The van der Waals surface area contributed by atoms with Crippen molar-refractivity contribution in [1.29, 1.82) is 0 Å². The van der Waals surface area contributed by atoms with Crippen LogP contribution in [0.5, 0.6) is 0 Å². The van der Waals surface area contributed by atoms with E-state index in [1.807, 2.05) is 30.3 Å². The maximum atomic E-state index is 12.8. The average molecular weight is 324 g/mol. The zero-order valence-corrected chi connectivity index (χ0v) is 12.7. The predicted octanol–water partition coefficient (Wildman–Crippen LogP) is 4.50. The molecule has 0 aliphatic rings. The average Bonchev–Trinajstić information content (AvgIpc) is 2.45. The molecular formula is C16H15F3N2S. The van der Waals surface area contributed by atoms with Crippen LogP contribution < -0.4 is 10.6 Å². The third kappa shape index (κ3) is 4.73. The van der Waals surface area contributed by atoms with Crippen LogP contribution in [0.1, 0.15) is 16.7 Å². The van der Waals surface area contributed by atoms with Crippen LogP contribution in [0.25, 0.3) is 0 Å². The van der Waals surface area contributed by atoms with Crippen LogP contribution in [0.15, 0.2) is 48.5 Å². The summed E-state index contributed by atoms with van der Waals surface area (Å²) in [6.45, 7) is 2.12. The first-order valence-corrected chi connectivity index (χ1v) is 7.03. The maximum absolute atomic E-state index is 12.8. The molecule has 6 heteroatoms. The summed E-state index contributed by atoms with van der Waals surface area (Å²) >= 11 is 5.11. The Kier molecular flexibility index (Phi) is 5.03. The molecule has 0 heterocycles. The summed E-state index contributed by atoms with van der Waals surface area (Å²) in [7, 11) is 0. The fourth-order valence-electron chi connectivity index (χ4n) is 1.97. The van der Waals surface area contributed by atoms with E-state index >= 15 is 0 Å². The van der Waals surface area contributed by atoms with Crippen molar-refractivity contribution in [3.63, 3.8) is 0 Å². The Morgan fingerprint density at radius 1 is 1.09 bits per heavy atom. The smallest absolute Gasteiger partial charge is 0.358 e. The van der Waals surface area contributed by atoms with Crippen molar-refractivity contribution in [3.8, 4) is 0 Å². The minimum absolute atomic E-state index is 0.280. The SMILES string of the molecule is Cc1cc(NC(=S)NCc2ccccc2)cc(C(F)(F)F)c1. The molecule has 0 atom stereocenters. The van der Waals surface area contributed by atoms with E-state index in [0.717, 1.165) is 17.7 Å². The van der Waals surface area contributed by atoms with Gasteiger partial charge < -0.3 is 10.6 Å². The monoisotopic (exact) mass is 324 g/mol. The van der Waals surface area contributed by atoms with Gasteiger partial charge in [0.1, 0.15) is 0 Å². The molecule has 0 saturated carbocycles. The fraction of sp³-hybridized carbons (Fsp3) is 0.188. The molecule has 2 aromatic rings. The van der Waals surface area contributed by atoms with Gasteiger partial charge in [-0.1, -0.05) is 30.3 Å². The van der Waals surface area contributed by atoms with E-state index in [0.29, 0.717) is 17.8 Å². The molecule has 0 aliphatic heterocycles. The van der Waals surface area contributed by atoms with Crippen molar-refractivity contribution in [3.05, 3.63) is 65.2 Å². The second-order valence-corrected chi connectivity index (χ2v) is 5.29. The zero-order chi connectivity index (χ0) is 16.2. The molecule has 0 spiro atoms. The number of nitrogens with one attached hydrogen (secondary N) is 2. The number of hydrogen-bond acceptors (Lipinski definition) is 1. The second kappa shape index (κ2) is 6.79. The number of benzene rings is 2. The lowest BCUT2D eigenvalue weighted by molar-refractivity contribution is -0.137. The van der Waals surface area contributed by atoms with Gasteiger partial charge in [-0.25, -0.2) is 0 Å². The molecule has 0 saturated heterocycles. The molecule has 22 heavy (non-hydrogen) atoms. The Bertz CT molecular complexity index is 654. The first kappa shape index (κ1) is 16.3. The summed E-state index contributed by atoms with van der Waals surface area (Å²) in [6, 6.07) is 13.4. The standard InChI is InChI=1S/C16H15F3N2S/c1-11-7-13(16(17,18)19)9-14(8-11)21-15(22)20-10-12-5-3-2-4-6-12/h2-9H,10H2,1H3,(H2,20,21,22). The zero-order valence-electron chi connectivity index (χ0n) is 11.9. The molecule has 0 radical (unpaired) electrons. The van der Waals surface area contributed by atoms with Crippen LogP contribution in [0.3, 0.4) is 0 Å². The Labute approximate surface area is 132 Å². The number of thiocarbonyl (C=S) groups is 1. The molecular weight excluding hydrogens is 309 g/mol. The summed E-state index contributed by atoms with van der Waals surface area (Å²) in [5, 5.41) is 6.03. The van der Waals surface area contributed by atoms with E-state index in [9.17, 15) is 13.2 Å². The highest BCUT2D eigenvalue weighted by atomic mass is 32.1. The van der Waals surface area contributed by atoms with Crippen molar-refractivity contribution < 1.29 is 13.2 Å². The van der Waals surface area contributed by atoms with E-state index in [-0.39, 0.29) is 5.11 Å². The highest BCUT2D eigenvalue weighted by Crippen LogP contribution is 2.31. The van der Waals surface area contributed by atoms with Gasteiger partial charge in [0.05, 0.1) is 5.56 Å². The van der Waals surface area contributed by atoms with E-state index in [4.69, 9.17) is 12.2 Å². The molecule has 0 aliphatic carbocycles. The van der Waals surface area contributed by atoms with Crippen LogP contribution >= 0.6 is 12.2 Å². The number of rotatable bonds is 3. The van der Waals surface area contributed by atoms with Crippen LogP contribution in [0, 0.1) is 6.92 Å². The van der Waals surface area contributed by atoms with Crippen LogP contribution in [0.4, 0.5) is 18.9 Å². The van der Waals surface area contributed by atoms with Crippen molar-refractivity contribution in [1.82, 2.24) is 5.32 Å². The Balaban J connectivity index is 2.01. The number of anilines is 1. The van der Waals surface area contributed by atoms with E-state index < -0.39 is 11.7 Å².